The molecule has 0 spiro atoms. The van der Waals surface area contributed by atoms with Crippen molar-refractivity contribution in [3.05, 3.63) is 12.2 Å². The minimum Gasteiger partial charge on any atom is -0.461 e. The molecular weight excluding hydrogens is 284 g/mol. The van der Waals surface area contributed by atoms with E-state index < -0.39 is 29.4 Å². The number of hydrogen-bond donors (Lipinski definition) is 0. The van der Waals surface area contributed by atoms with Crippen molar-refractivity contribution < 1.29 is 23.9 Å². The average molecular weight is 306 g/mol. The summed E-state index contributed by atoms with van der Waals surface area (Å²) in [5.74, 6) is -0.819. The van der Waals surface area contributed by atoms with E-state index >= 15 is 0 Å². The Bertz CT molecular complexity index is 565. The van der Waals surface area contributed by atoms with Gasteiger partial charge in [-0.25, -0.2) is 4.79 Å². The summed E-state index contributed by atoms with van der Waals surface area (Å²) in [6.07, 6.45) is 0.963. The summed E-state index contributed by atoms with van der Waals surface area (Å²) in [4.78, 5) is 36.2. The van der Waals surface area contributed by atoms with Gasteiger partial charge in [0.05, 0.1) is 11.3 Å². The van der Waals surface area contributed by atoms with Gasteiger partial charge in [-0.3, -0.25) is 9.59 Å². The molecule has 0 aromatic heterocycles. The van der Waals surface area contributed by atoms with E-state index in [9.17, 15) is 14.4 Å². The van der Waals surface area contributed by atoms with Gasteiger partial charge in [0.25, 0.3) is 0 Å². The zero-order chi connectivity index (χ0) is 16.2. The highest BCUT2D eigenvalue weighted by molar-refractivity contribution is 5.93. The van der Waals surface area contributed by atoms with Gasteiger partial charge in [0.15, 0.2) is 0 Å². The van der Waals surface area contributed by atoms with Gasteiger partial charge in [-0.05, 0) is 31.6 Å². The van der Waals surface area contributed by atoms with Crippen LogP contribution in [0.2, 0.25) is 0 Å². The number of ether oxygens (including phenoxy) is 2. The second-order valence-corrected chi connectivity index (χ2v) is 7.09. The Morgan fingerprint density at radius 3 is 2.73 bits per heavy atom. The lowest BCUT2D eigenvalue weighted by molar-refractivity contribution is -0.163. The number of esters is 2. The van der Waals surface area contributed by atoms with Gasteiger partial charge in [0.1, 0.15) is 18.0 Å². The van der Waals surface area contributed by atoms with Crippen LogP contribution >= 0.6 is 0 Å². The fourth-order valence-corrected chi connectivity index (χ4v) is 4.81. The van der Waals surface area contributed by atoms with E-state index in [0.29, 0.717) is 18.4 Å². The molecule has 0 aromatic rings. The molecule has 0 N–H and O–H groups in total. The quantitative estimate of drug-likeness (QED) is 0.548. The lowest BCUT2D eigenvalue weighted by atomic mass is 9.68. The summed E-state index contributed by atoms with van der Waals surface area (Å²) in [6, 6.07) is 0. The molecule has 5 nitrogen and oxygen atoms in total. The molecule has 0 amide bonds. The molecule has 3 rings (SSSR count). The van der Waals surface area contributed by atoms with Gasteiger partial charge < -0.3 is 9.47 Å². The van der Waals surface area contributed by atoms with Crippen molar-refractivity contribution in [1.82, 2.24) is 0 Å². The molecule has 3 fully saturated rings. The molecule has 22 heavy (non-hydrogen) atoms. The summed E-state index contributed by atoms with van der Waals surface area (Å²) in [6.45, 7) is 9.14. The number of carbonyl (C=O) groups excluding carboxylic acids is 3. The lowest BCUT2D eigenvalue weighted by Crippen LogP contribution is -2.48. The molecule has 3 aliphatic rings. The van der Waals surface area contributed by atoms with Gasteiger partial charge >= 0.3 is 11.9 Å². The van der Waals surface area contributed by atoms with Crippen LogP contribution in [-0.4, -0.2) is 29.9 Å². The maximum atomic E-state index is 12.7. The molecular formula is C17H22O5. The molecule has 1 heterocycles. The lowest BCUT2D eigenvalue weighted by Gasteiger charge is -2.39. The Morgan fingerprint density at radius 2 is 2.09 bits per heavy atom. The van der Waals surface area contributed by atoms with Crippen LogP contribution in [-0.2, 0) is 23.9 Å². The van der Waals surface area contributed by atoms with Gasteiger partial charge in [0, 0.05) is 18.9 Å². The summed E-state index contributed by atoms with van der Waals surface area (Å²) < 4.78 is 11.0. The van der Waals surface area contributed by atoms with E-state index in [0.717, 1.165) is 6.42 Å². The molecule has 0 bridgehead atoms. The minimum absolute atomic E-state index is 0.114. The Labute approximate surface area is 130 Å². The number of carbonyl (C=O) groups is 3. The zero-order valence-electron chi connectivity index (χ0n) is 13.3. The SMILES string of the molecule is C=C1C(=O)OC2CC(C)C3CCC(=O)C3(C)C(OC(C)=O)C12. The second-order valence-electron chi connectivity index (χ2n) is 7.09. The minimum atomic E-state index is -0.762. The third kappa shape index (κ3) is 1.94. The Hall–Kier alpha value is -1.65. The van der Waals surface area contributed by atoms with E-state index in [2.05, 4.69) is 13.5 Å². The molecule has 2 aliphatic carbocycles. The van der Waals surface area contributed by atoms with Crippen molar-refractivity contribution in [2.45, 2.75) is 52.2 Å². The largest absolute Gasteiger partial charge is 0.461 e. The van der Waals surface area contributed by atoms with E-state index in [-0.39, 0.29) is 23.7 Å². The van der Waals surface area contributed by atoms with Crippen LogP contribution in [0.3, 0.4) is 0 Å². The van der Waals surface area contributed by atoms with Crippen LogP contribution in [0, 0.1) is 23.2 Å². The molecule has 1 saturated heterocycles. The fourth-order valence-electron chi connectivity index (χ4n) is 4.81. The third-order valence-corrected chi connectivity index (χ3v) is 5.88. The molecule has 0 aromatic carbocycles. The number of ketones is 1. The molecule has 5 heteroatoms. The first-order chi connectivity index (χ1) is 10.3. The van der Waals surface area contributed by atoms with Gasteiger partial charge in [-0.1, -0.05) is 13.5 Å². The summed E-state index contributed by atoms with van der Waals surface area (Å²) in [7, 11) is 0. The maximum Gasteiger partial charge on any atom is 0.334 e. The smallest absolute Gasteiger partial charge is 0.334 e. The summed E-state index contributed by atoms with van der Waals surface area (Å²) in [5, 5.41) is 0. The highest BCUT2D eigenvalue weighted by atomic mass is 16.6. The highest BCUT2D eigenvalue weighted by Gasteiger charge is 2.63. The van der Waals surface area contributed by atoms with Crippen LogP contribution in [0.25, 0.3) is 0 Å². The zero-order valence-corrected chi connectivity index (χ0v) is 13.3. The molecule has 0 radical (unpaired) electrons. The van der Waals surface area contributed by atoms with Crippen molar-refractivity contribution in [3.63, 3.8) is 0 Å². The topological polar surface area (TPSA) is 69.7 Å². The van der Waals surface area contributed by atoms with Crippen LogP contribution in [0.15, 0.2) is 12.2 Å². The highest BCUT2D eigenvalue weighted by Crippen LogP contribution is 2.56. The van der Waals surface area contributed by atoms with Crippen molar-refractivity contribution in [3.8, 4) is 0 Å². The predicted molar refractivity (Wildman–Crippen MR) is 77.7 cm³/mol. The van der Waals surface area contributed by atoms with E-state index in [1.807, 2.05) is 6.92 Å². The predicted octanol–water partition coefficient (Wildman–Crippen LogP) is 2.04. The number of rotatable bonds is 1. The van der Waals surface area contributed by atoms with Crippen LogP contribution in [0.5, 0.6) is 0 Å². The Morgan fingerprint density at radius 1 is 1.41 bits per heavy atom. The molecule has 1 aliphatic heterocycles. The first-order valence-electron chi connectivity index (χ1n) is 7.87. The molecule has 6 atom stereocenters. The Kier molecular flexibility index (Phi) is 3.42. The molecule has 120 valence electrons. The molecule has 6 unspecified atom stereocenters. The Balaban J connectivity index is 2.11. The first-order valence-corrected chi connectivity index (χ1v) is 7.87. The second kappa shape index (κ2) is 4.93. The monoisotopic (exact) mass is 306 g/mol. The first kappa shape index (κ1) is 15.3. The average Bonchev–Trinajstić information content (AvgIpc) is 2.84. The van der Waals surface area contributed by atoms with E-state index in [1.54, 1.807) is 0 Å². The van der Waals surface area contributed by atoms with Gasteiger partial charge in [-0.2, -0.15) is 0 Å². The van der Waals surface area contributed by atoms with E-state index in [1.165, 1.54) is 6.92 Å². The van der Waals surface area contributed by atoms with Crippen LogP contribution < -0.4 is 0 Å². The number of hydrogen-bond acceptors (Lipinski definition) is 5. The van der Waals surface area contributed by atoms with E-state index in [4.69, 9.17) is 9.47 Å². The summed E-state index contributed by atoms with van der Waals surface area (Å²) >= 11 is 0. The van der Waals surface area contributed by atoms with Crippen LogP contribution in [0.1, 0.15) is 40.0 Å². The maximum absolute atomic E-state index is 12.7. The van der Waals surface area contributed by atoms with Gasteiger partial charge in [-0.15, -0.1) is 0 Å². The summed E-state index contributed by atoms with van der Waals surface area (Å²) in [5.41, 5.74) is -0.438. The normalized spacial score (nSPS) is 44.1. The van der Waals surface area contributed by atoms with Crippen molar-refractivity contribution in [2.75, 3.05) is 0 Å². The van der Waals surface area contributed by atoms with Crippen molar-refractivity contribution in [2.24, 2.45) is 23.2 Å². The van der Waals surface area contributed by atoms with Crippen LogP contribution in [0.4, 0.5) is 0 Å². The standard InChI is InChI=1S/C17H22O5/c1-8-7-12-14(9(2)16(20)22-12)15(21-10(3)18)17(4)11(8)5-6-13(17)19/h8,11-12,14-15H,2,5-7H2,1,3-4H3. The van der Waals surface area contributed by atoms with Gasteiger partial charge in [0.2, 0.25) is 0 Å². The fraction of sp³-hybridized carbons (Fsp3) is 0.706. The number of Topliss-reactive ketones (excluding diaryl/α,β-unsaturated/α-hetero) is 1. The van der Waals surface area contributed by atoms with Crippen molar-refractivity contribution >= 4 is 17.7 Å². The van der Waals surface area contributed by atoms with Crippen molar-refractivity contribution in [1.29, 1.82) is 0 Å². The third-order valence-electron chi connectivity index (χ3n) is 5.88. The number of fused-ring (bicyclic) bond motifs is 2. The molecule has 2 saturated carbocycles.